The highest BCUT2D eigenvalue weighted by molar-refractivity contribution is 5.79. The third-order valence-corrected chi connectivity index (χ3v) is 4.44. The molecule has 4 heteroatoms. The Hall–Kier alpha value is -1.55. The van der Waals surface area contributed by atoms with E-state index >= 15 is 0 Å². The van der Waals surface area contributed by atoms with Crippen LogP contribution in [-0.2, 0) is 4.79 Å². The molecule has 0 aliphatic heterocycles. The lowest BCUT2D eigenvalue weighted by molar-refractivity contribution is -0.144. The molecule has 0 spiro atoms. The van der Waals surface area contributed by atoms with Crippen molar-refractivity contribution in [3.05, 3.63) is 29.3 Å². The van der Waals surface area contributed by atoms with Gasteiger partial charge in [-0.2, -0.15) is 0 Å². The Labute approximate surface area is 126 Å². The second-order valence-electron chi connectivity index (χ2n) is 6.32. The molecule has 4 nitrogen and oxygen atoms in total. The number of hydrogen-bond donors (Lipinski definition) is 2. The Balaban J connectivity index is 2.17. The summed E-state index contributed by atoms with van der Waals surface area (Å²) < 4.78 is 6.15. The molecule has 2 unspecified atom stereocenters. The first-order chi connectivity index (χ1) is 9.88. The van der Waals surface area contributed by atoms with Gasteiger partial charge in [0.25, 0.3) is 0 Å². The van der Waals surface area contributed by atoms with E-state index in [2.05, 4.69) is 37.4 Å². The van der Waals surface area contributed by atoms with E-state index in [9.17, 15) is 9.90 Å². The average Bonchev–Trinajstić information content (AvgIpc) is 2.83. The first kappa shape index (κ1) is 15.8. The lowest BCUT2D eigenvalue weighted by Crippen LogP contribution is -2.48. The van der Waals surface area contributed by atoms with E-state index < -0.39 is 11.5 Å². The number of carboxylic acid groups (broad SMARTS) is 1. The quantitative estimate of drug-likeness (QED) is 0.875. The van der Waals surface area contributed by atoms with Crippen LogP contribution >= 0.6 is 0 Å². The summed E-state index contributed by atoms with van der Waals surface area (Å²) in [6.07, 6.45) is 1.82. The number of hydrogen-bond acceptors (Lipinski definition) is 3. The Morgan fingerprint density at radius 1 is 1.48 bits per heavy atom. The Morgan fingerprint density at radius 3 is 2.71 bits per heavy atom. The van der Waals surface area contributed by atoms with Crippen LogP contribution in [0, 0.1) is 6.92 Å². The Kier molecular flexibility index (Phi) is 4.57. The molecule has 2 atom stereocenters. The van der Waals surface area contributed by atoms with Crippen molar-refractivity contribution >= 4 is 5.97 Å². The predicted octanol–water partition coefficient (Wildman–Crippen LogP) is 3.09. The second kappa shape index (κ2) is 6.06. The molecule has 116 valence electrons. The van der Waals surface area contributed by atoms with Crippen LogP contribution in [0.3, 0.4) is 0 Å². The molecule has 1 fully saturated rings. The van der Waals surface area contributed by atoms with Crippen molar-refractivity contribution in [3.63, 3.8) is 0 Å². The molecule has 0 heterocycles. The summed E-state index contributed by atoms with van der Waals surface area (Å²) in [5, 5.41) is 12.4. The molecule has 1 aromatic carbocycles. The van der Waals surface area contributed by atoms with Gasteiger partial charge in [-0.05, 0) is 49.9 Å². The van der Waals surface area contributed by atoms with Crippen LogP contribution in [0.2, 0.25) is 0 Å². The van der Waals surface area contributed by atoms with E-state index in [4.69, 9.17) is 4.74 Å². The summed E-state index contributed by atoms with van der Waals surface area (Å²) in [5.74, 6) is 0.493. The SMILES string of the molecule is CNC1(C(=O)O)CCC(Oc2cc(C)ccc2C(C)C)C1. The van der Waals surface area contributed by atoms with Gasteiger partial charge in [-0.1, -0.05) is 26.0 Å². The van der Waals surface area contributed by atoms with E-state index in [1.807, 2.05) is 6.92 Å². The van der Waals surface area contributed by atoms with Crippen molar-refractivity contribution < 1.29 is 14.6 Å². The smallest absolute Gasteiger partial charge is 0.324 e. The number of ether oxygens (including phenoxy) is 1. The van der Waals surface area contributed by atoms with Gasteiger partial charge in [-0.25, -0.2) is 0 Å². The zero-order valence-corrected chi connectivity index (χ0v) is 13.3. The topological polar surface area (TPSA) is 58.6 Å². The number of carbonyl (C=O) groups is 1. The maximum absolute atomic E-state index is 11.5. The lowest BCUT2D eigenvalue weighted by Gasteiger charge is -2.24. The van der Waals surface area contributed by atoms with Crippen LogP contribution < -0.4 is 10.1 Å². The average molecular weight is 291 g/mol. The van der Waals surface area contributed by atoms with Crippen LogP contribution in [0.4, 0.5) is 0 Å². The normalized spacial score (nSPS) is 25.3. The zero-order valence-electron chi connectivity index (χ0n) is 13.3. The molecule has 1 aromatic rings. The van der Waals surface area contributed by atoms with E-state index in [1.54, 1.807) is 7.05 Å². The highest BCUT2D eigenvalue weighted by Gasteiger charge is 2.45. The monoisotopic (exact) mass is 291 g/mol. The van der Waals surface area contributed by atoms with Gasteiger partial charge in [0.1, 0.15) is 17.4 Å². The first-order valence-electron chi connectivity index (χ1n) is 7.57. The fraction of sp³-hybridized carbons (Fsp3) is 0.588. The summed E-state index contributed by atoms with van der Waals surface area (Å²) in [6, 6.07) is 6.24. The Morgan fingerprint density at radius 2 is 2.19 bits per heavy atom. The highest BCUT2D eigenvalue weighted by atomic mass is 16.5. The van der Waals surface area contributed by atoms with E-state index in [1.165, 1.54) is 5.56 Å². The van der Waals surface area contributed by atoms with E-state index in [0.29, 0.717) is 18.8 Å². The molecule has 1 saturated carbocycles. The van der Waals surface area contributed by atoms with Gasteiger partial charge in [-0.15, -0.1) is 0 Å². The number of likely N-dealkylation sites (N-methyl/N-ethyl adjacent to an activating group) is 1. The largest absolute Gasteiger partial charge is 0.490 e. The van der Waals surface area contributed by atoms with Crippen LogP contribution in [-0.4, -0.2) is 29.8 Å². The molecule has 0 bridgehead atoms. The van der Waals surface area contributed by atoms with Crippen molar-refractivity contribution in [1.82, 2.24) is 5.32 Å². The minimum atomic E-state index is -0.841. The third kappa shape index (κ3) is 3.21. The van der Waals surface area contributed by atoms with Crippen molar-refractivity contribution in [2.75, 3.05) is 7.05 Å². The summed E-state index contributed by atoms with van der Waals surface area (Å²) in [6.45, 7) is 6.32. The Bertz CT molecular complexity index is 527. The number of rotatable bonds is 5. The fourth-order valence-electron chi connectivity index (χ4n) is 3.03. The number of aliphatic carboxylic acids is 1. The van der Waals surface area contributed by atoms with Crippen LogP contribution in [0.25, 0.3) is 0 Å². The highest BCUT2D eigenvalue weighted by Crippen LogP contribution is 2.35. The molecule has 0 radical (unpaired) electrons. The van der Waals surface area contributed by atoms with Gasteiger partial charge < -0.3 is 15.2 Å². The molecule has 0 amide bonds. The predicted molar refractivity (Wildman–Crippen MR) is 83.0 cm³/mol. The first-order valence-corrected chi connectivity index (χ1v) is 7.57. The standard InChI is InChI=1S/C17H25NO3/c1-11(2)14-6-5-12(3)9-15(14)21-13-7-8-17(10-13,18-4)16(19)20/h5-6,9,11,13,18H,7-8,10H2,1-4H3,(H,19,20). The van der Waals surface area contributed by atoms with Gasteiger partial charge >= 0.3 is 5.97 Å². The molecule has 0 aromatic heterocycles. The molecule has 2 rings (SSSR count). The summed E-state index contributed by atoms with van der Waals surface area (Å²) in [7, 11) is 1.71. The number of benzene rings is 1. The summed E-state index contributed by atoms with van der Waals surface area (Å²) >= 11 is 0. The van der Waals surface area contributed by atoms with Crippen molar-refractivity contribution in [3.8, 4) is 5.75 Å². The second-order valence-corrected chi connectivity index (χ2v) is 6.32. The van der Waals surface area contributed by atoms with Gasteiger partial charge in [-0.3, -0.25) is 4.79 Å². The van der Waals surface area contributed by atoms with Crippen LogP contribution in [0.15, 0.2) is 18.2 Å². The molecular weight excluding hydrogens is 266 g/mol. The molecule has 0 saturated heterocycles. The maximum Gasteiger partial charge on any atom is 0.324 e. The zero-order chi connectivity index (χ0) is 15.6. The molecule has 21 heavy (non-hydrogen) atoms. The minimum Gasteiger partial charge on any atom is -0.490 e. The van der Waals surface area contributed by atoms with Gasteiger partial charge in [0, 0.05) is 6.42 Å². The number of aryl methyl sites for hydroxylation is 1. The molecular formula is C17H25NO3. The van der Waals surface area contributed by atoms with Gasteiger partial charge in [0.15, 0.2) is 0 Å². The van der Waals surface area contributed by atoms with Crippen LogP contribution in [0.5, 0.6) is 5.75 Å². The number of nitrogens with one attached hydrogen (secondary N) is 1. The maximum atomic E-state index is 11.5. The van der Waals surface area contributed by atoms with Gasteiger partial charge in [0.2, 0.25) is 0 Å². The summed E-state index contributed by atoms with van der Waals surface area (Å²) in [4.78, 5) is 11.5. The molecule has 1 aliphatic rings. The summed E-state index contributed by atoms with van der Waals surface area (Å²) in [5.41, 5.74) is 1.50. The fourth-order valence-corrected chi connectivity index (χ4v) is 3.03. The van der Waals surface area contributed by atoms with Crippen molar-refractivity contribution in [2.45, 2.75) is 57.6 Å². The molecule has 2 N–H and O–H groups in total. The lowest BCUT2D eigenvalue weighted by atomic mass is 9.98. The minimum absolute atomic E-state index is 0.0483. The van der Waals surface area contributed by atoms with Crippen molar-refractivity contribution in [2.24, 2.45) is 0 Å². The van der Waals surface area contributed by atoms with Gasteiger partial charge in [0.05, 0.1) is 0 Å². The number of carboxylic acids is 1. The van der Waals surface area contributed by atoms with Crippen LogP contribution in [0.1, 0.15) is 50.2 Å². The third-order valence-electron chi connectivity index (χ3n) is 4.44. The van der Waals surface area contributed by atoms with Crippen molar-refractivity contribution in [1.29, 1.82) is 0 Å². The van der Waals surface area contributed by atoms with E-state index in [0.717, 1.165) is 17.7 Å². The van der Waals surface area contributed by atoms with E-state index in [-0.39, 0.29) is 6.10 Å². The molecule has 1 aliphatic carbocycles.